The number of hydrogen-bond acceptors (Lipinski definition) is 5. The average molecular weight is 367 g/mol. The Morgan fingerprint density at radius 3 is 2.33 bits per heavy atom. The summed E-state index contributed by atoms with van der Waals surface area (Å²) in [6.45, 7) is 0. The molecule has 0 radical (unpaired) electrons. The highest BCUT2D eigenvalue weighted by Gasteiger charge is 2.16. The van der Waals surface area contributed by atoms with E-state index in [0.717, 1.165) is 4.57 Å². The Bertz CT molecular complexity index is 1070. The van der Waals surface area contributed by atoms with Crippen LogP contribution in [-0.4, -0.2) is 22.7 Å². The lowest BCUT2D eigenvalue weighted by Crippen LogP contribution is -2.35. The van der Waals surface area contributed by atoms with E-state index in [2.05, 4.69) is 15.6 Å². The number of aromatic amines is 1. The van der Waals surface area contributed by atoms with E-state index < -0.39 is 17.3 Å². The van der Waals surface area contributed by atoms with Crippen molar-refractivity contribution in [1.29, 1.82) is 0 Å². The van der Waals surface area contributed by atoms with Crippen LogP contribution in [0.1, 0.15) is 0 Å². The van der Waals surface area contributed by atoms with E-state index in [1.165, 1.54) is 7.11 Å². The van der Waals surface area contributed by atoms with Gasteiger partial charge in [0.15, 0.2) is 0 Å². The van der Waals surface area contributed by atoms with Gasteiger partial charge in [0.05, 0.1) is 12.8 Å². The van der Waals surface area contributed by atoms with Crippen LogP contribution in [0.5, 0.6) is 5.75 Å². The normalized spacial score (nSPS) is 10.3. The molecule has 0 saturated heterocycles. The van der Waals surface area contributed by atoms with Gasteiger partial charge in [-0.25, -0.2) is 14.2 Å². The van der Waals surface area contributed by atoms with Crippen LogP contribution in [0.25, 0.3) is 5.69 Å². The van der Waals surface area contributed by atoms with Crippen molar-refractivity contribution in [3.63, 3.8) is 0 Å². The van der Waals surface area contributed by atoms with Gasteiger partial charge in [-0.15, -0.1) is 0 Å². The molecule has 0 spiro atoms. The summed E-state index contributed by atoms with van der Waals surface area (Å²) in [5, 5.41) is 4.96. The minimum atomic E-state index is -0.800. The molecule has 1 aromatic heterocycles. The number of nitrogens with zero attached hydrogens (tertiary/aromatic N) is 1. The van der Waals surface area contributed by atoms with Crippen LogP contribution in [0.2, 0.25) is 0 Å². The molecule has 0 bridgehead atoms. The maximum absolute atomic E-state index is 12.2. The Morgan fingerprint density at radius 2 is 1.70 bits per heavy atom. The molecular weight excluding hydrogens is 350 g/mol. The molecule has 0 fully saturated rings. The predicted octanol–water partition coefficient (Wildman–Crippen LogP) is 1.76. The van der Waals surface area contributed by atoms with E-state index in [9.17, 15) is 14.4 Å². The third-order valence-corrected chi connectivity index (χ3v) is 3.75. The number of hydrogen-bond donors (Lipinski definition) is 4. The van der Waals surface area contributed by atoms with Crippen LogP contribution < -0.4 is 32.4 Å². The van der Waals surface area contributed by atoms with Crippen LogP contribution in [0.4, 0.5) is 22.0 Å². The van der Waals surface area contributed by atoms with Crippen molar-refractivity contribution in [2.75, 3.05) is 23.5 Å². The fourth-order valence-electron chi connectivity index (χ4n) is 2.46. The first-order valence-corrected chi connectivity index (χ1v) is 7.92. The summed E-state index contributed by atoms with van der Waals surface area (Å²) in [7, 11) is 1.52. The molecule has 0 unspecified atom stereocenters. The van der Waals surface area contributed by atoms with Crippen LogP contribution in [-0.2, 0) is 0 Å². The first-order valence-electron chi connectivity index (χ1n) is 7.92. The van der Waals surface area contributed by atoms with Crippen LogP contribution in [0, 0.1) is 0 Å². The summed E-state index contributed by atoms with van der Waals surface area (Å²) in [6, 6.07) is 14.5. The minimum Gasteiger partial charge on any atom is -0.497 e. The smallest absolute Gasteiger partial charge is 0.334 e. The molecule has 2 amide bonds. The maximum atomic E-state index is 12.2. The maximum Gasteiger partial charge on any atom is 0.334 e. The van der Waals surface area contributed by atoms with Crippen LogP contribution >= 0.6 is 0 Å². The zero-order valence-corrected chi connectivity index (χ0v) is 14.4. The van der Waals surface area contributed by atoms with Gasteiger partial charge >= 0.3 is 11.7 Å². The number of rotatable bonds is 4. The van der Waals surface area contributed by atoms with Crippen molar-refractivity contribution in [3.05, 3.63) is 75.4 Å². The number of urea groups is 1. The molecule has 27 heavy (non-hydrogen) atoms. The van der Waals surface area contributed by atoms with Gasteiger partial charge in [0, 0.05) is 5.69 Å². The Balaban J connectivity index is 1.95. The number of nitrogens with one attached hydrogen (secondary N) is 3. The summed E-state index contributed by atoms with van der Waals surface area (Å²) >= 11 is 0. The molecule has 9 nitrogen and oxygen atoms in total. The highest BCUT2D eigenvalue weighted by molar-refractivity contribution is 6.01. The van der Waals surface area contributed by atoms with Crippen molar-refractivity contribution in [1.82, 2.24) is 9.55 Å². The number of para-hydroxylation sites is 1. The second-order valence-electron chi connectivity index (χ2n) is 5.50. The number of nitrogen functional groups attached to an aromatic ring is 1. The number of aromatic nitrogens is 2. The molecule has 3 aromatic rings. The monoisotopic (exact) mass is 367 g/mol. The first-order chi connectivity index (χ1) is 13.0. The SMILES string of the molecule is COc1ccc(-n2c(N)c(NC(=O)Nc3ccccc3)c(=O)[nH]c2=O)cc1. The summed E-state index contributed by atoms with van der Waals surface area (Å²) < 4.78 is 6.16. The number of ether oxygens (including phenoxy) is 1. The number of benzene rings is 2. The van der Waals surface area contributed by atoms with Crippen molar-refractivity contribution in [2.24, 2.45) is 0 Å². The van der Waals surface area contributed by atoms with Gasteiger partial charge in [-0.1, -0.05) is 18.2 Å². The van der Waals surface area contributed by atoms with Gasteiger partial charge in [0.1, 0.15) is 17.3 Å². The number of carbonyl (C=O) groups excluding carboxylic acids is 1. The first kappa shape index (κ1) is 17.8. The second-order valence-corrected chi connectivity index (χ2v) is 5.50. The fraction of sp³-hybridized carbons (Fsp3) is 0.0556. The van der Waals surface area contributed by atoms with Gasteiger partial charge in [-0.2, -0.15) is 0 Å². The number of carbonyl (C=O) groups is 1. The number of amides is 2. The fourth-order valence-corrected chi connectivity index (χ4v) is 2.46. The highest BCUT2D eigenvalue weighted by Crippen LogP contribution is 2.19. The molecule has 1 heterocycles. The van der Waals surface area contributed by atoms with Crippen LogP contribution in [0.15, 0.2) is 64.2 Å². The van der Waals surface area contributed by atoms with Crippen molar-refractivity contribution < 1.29 is 9.53 Å². The third-order valence-electron chi connectivity index (χ3n) is 3.75. The van der Waals surface area contributed by atoms with E-state index in [-0.39, 0.29) is 11.5 Å². The van der Waals surface area contributed by atoms with E-state index in [1.54, 1.807) is 54.6 Å². The molecule has 0 aliphatic carbocycles. The number of H-pyrrole nitrogens is 1. The van der Waals surface area contributed by atoms with Gasteiger partial charge in [0.25, 0.3) is 5.56 Å². The zero-order chi connectivity index (χ0) is 19.4. The van der Waals surface area contributed by atoms with Crippen molar-refractivity contribution >= 4 is 23.2 Å². The number of methoxy groups -OCH3 is 1. The van der Waals surface area contributed by atoms with Gasteiger partial charge in [-0.05, 0) is 36.4 Å². The molecule has 0 atom stereocenters. The molecule has 0 aliphatic heterocycles. The minimum absolute atomic E-state index is 0.197. The van der Waals surface area contributed by atoms with Crippen molar-refractivity contribution in [3.8, 4) is 11.4 Å². The quantitative estimate of drug-likeness (QED) is 0.558. The predicted molar refractivity (Wildman–Crippen MR) is 103 cm³/mol. The zero-order valence-electron chi connectivity index (χ0n) is 14.4. The van der Waals surface area contributed by atoms with E-state index >= 15 is 0 Å². The largest absolute Gasteiger partial charge is 0.497 e. The summed E-state index contributed by atoms with van der Waals surface area (Å²) in [5.41, 5.74) is 5.17. The number of nitrogens with two attached hydrogens (primary N) is 1. The Morgan fingerprint density at radius 1 is 1.04 bits per heavy atom. The van der Waals surface area contributed by atoms with E-state index in [0.29, 0.717) is 17.1 Å². The number of anilines is 3. The standard InChI is InChI=1S/C18H17N5O4/c1-27-13-9-7-12(8-10-13)23-15(19)14(16(24)22-18(23)26)21-17(25)20-11-5-3-2-4-6-11/h2-10H,19H2,1H3,(H2,20,21,25)(H,22,24,26). The van der Waals surface area contributed by atoms with Crippen LogP contribution in [0.3, 0.4) is 0 Å². The molecule has 2 aromatic carbocycles. The Hall–Kier alpha value is -4.01. The summed E-state index contributed by atoms with van der Waals surface area (Å²) in [5.74, 6) is 0.396. The molecule has 9 heteroatoms. The lowest BCUT2D eigenvalue weighted by Gasteiger charge is -2.14. The second kappa shape index (κ2) is 7.48. The van der Waals surface area contributed by atoms with E-state index in [1.807, 2.05) is 0 Å². The van der Waals surface area contributed by atoms with Gasteiger partial charge in [0.2, 0.25) is 0 Å². The highest BCUT2D eigenvalue weighted by atomic mass is 16.5. The molecule has 5 N–H and O–H groups in total. The topological polar surface area (TPSA) is 131 Å². The Labute approximate surface area is 153 Å². The third kappa shape index (κ3) is 3.82. The summed E-state index contributed by atoms with van der Waals surface area (Å²) in [4.78, 5) is 38.6. The lowest BCUT2D eigenvalue weighted by atomic mass is 10.3. The van der Waals surface area contributed by atoms with Gasteiger partial charge < -0.3 is 15.8 Å². The van der Waals surface area contributed by atoms with E-state index in [4.69, 9.17) is 10.5 Å². The molecule has 138 valence electrons. The van der Waals surface area contributed by atoms with Crippen molar-refractivity contribution in [2.45, 2.75) is 0 Å². The molecule has 0 saturated carbocycles. The molecular formula is C18H17N5O4. The average Bonchev–Trinajstić information content (AvgIpc) is 2.66. The summed E-state index contributed by atoms with van der Waals surface area (Å²) in [6.07, 6.45) is 0. The Kier molecular flexibility index (Phi) is 4.93. The van der Waals surface area contributed by atoms with Gasteiger partial charge in [-0.3, -0.25) is 15.1 Å². The molecule has 0 aliphatic rings. The molecule has 3 rings (SSSR count). The lowest BCUT2D eigenvalue weighted by molar-refractivity contribution is 0.262.